The van der Waals surface area contributed by atoms with Gasteiger partial charge in [-0.05, 0) is 38.0 Å². The highest BCUT2D eigenvalue weighted by Crippen LogP contribution is 2.44. The number of guanidine groups is 1. The third-order valence-electron chi connectivity index (χ3n) is 6.04. The first-order chi connectivity index (χ1) is 12.2. The molecule has 0 radical (unpaired) electrons. The number of nitrogens with two attached hydrogens (primary N) is 1. The number of hydrogen-bond donors (Lipinski definition) is 3. The summed E-state index contributed by atoms with van der Waals surface area (Å²) in [7, 11) is 0. The number of carbonyl (C=O) groups excluding carboxylic acids is 1. The largest absolute Gasteiger partial charge is 0.369 e. The Hall–Kier alpha value is -1.30. The van der Waals surface area contributed by atoms with Gasteiger partial charge in [-0.25, -0.2) is 0 Å². The Morgan fingerprint density at radius 3 is 2.48 bits per heavy atom. The second-order valence-electron chi connectivity index (χ2n) is 8.03. The van der Waals surface area contributed by atoms with E-state index in [0.717, 1.165) is 50.3 Å². The van der Waals surface area contributed by atoms with Crippen LogP contribution in [-0.4, -0.2) is 55.0 Å². The summed E-state index contributed by atoms with van der Waals surface area (Å²) in [6, 6.07) is 1.06. The molecule has 2 unspecified atom stereocenters. The lowest BCUT2D eigenvalue weighted by atomic mass is 9.85. The lowest BCUT2D eigenvalue weighted by molar-refractivity contribution is -0.119. The minimum atomic E-state index is -0.233. The molecule has 1 aliphatic heterocycles. The zero-order valence-electron chi connectivity index (χ0n) is 15.7. The number of amides is 1. The standard InChI is InChI=1S/C19H35N5O/c1-2-21-19(22-15-8-10-24(11-9-15)13-18(20)25)23-17-12-16(17)14-6-4-3-5-7-14/h14-17H,2-13H2,1H3,(H2,20,25)(H2,21,22,23). The van der Waals surface area contributed by atoms with Gasteiger partial charge in [0, 0.05) is 31.7 Å². The highest BCUT2D eigenvalue weighted by atomic mass is 16.1. The predicted octanol–water partition coefficient (Wildman–Crippen LogP) is 1.46. The van der Waals surface area contributed by atoms with Crippen LogP contribution in [0.25, 0.3) is 0 Å². The van der Waals surface area contributed by atoms with Gasteiger partial charge in [-0.3, -0.25) is 14.7 Å². The Kier molecular flexibility index (Phi) is 6.57. The number of piperidine rings is 1. The first-order valence-electron chi connectivity index (χ1n) is 10.2. The molecule has 2 atom stereocenters. The molecule has 1 heterocycles. The topological polar surface area (TPSA) is 82.8 Å². The van der Waals surface area contributed by atoms with Crippen molar-refractivity contribution in [3.8, 4) is 0 Å². The van der Waals surface area contributed by atoms with Crippen LogP contribution >= 0.6 is 0 Å². The van der Waals surface area contributed by atoms with E-state index < -0.39 is 0 Å². The van der Waals surface area contributed by atoms with E-state index in [1.54, 1.807) is 0 Å². The van der Waals surface area contributed by atoms with Crippen LogP contribution in [0.3, 0.4) is 0 Å². The first-order valence-corrected chi connectivity index (χ1v) is 10.2. The lowest BCUT2D eigenvalue weighted by Gasteiger charge is -2.32. The van der Waals surface area contributed by atoms with Crippen molar-refractivity contribution in [1.29, 1.82) is 0 Å². The van der Waals surface area contributed by atoms with Crippen LogP contribution in [0.4, 0.5) is 0 Å². The number of carbonyl (C=O) groups is 1. The summed E-state index contributed by atoms with van der Waals surface area (Å²) in [6.07, 6.45) is 10.5. The van der Waals surface area contributed by atoms with Crippen LogP contribution in [0.1, 0.15) is 58.3 Å². The fourth-order valence-electron chi connectivity index (χ4n) is 4.58. The Balaban J connectivity index is 1.42. The molecule has 3 fully saturated rings. The zero-order valence-corrected chi connectivity index (χ0v) is 15.7. The normalized spacial score (nSPS) is 29.4. The number of likely N-dealkylation sites (tertiary alicyclic amines) is 1. The zero-order chi connectivity index (χ0) is 17.6. The molecule has 0 aromatic carbocycles. The van der Waals surface area contributed by atoms with Crippen molar-refractivity contribution in [1.82, 2.24) is 15.5 Å². The predicted molar refractivity (Wildman–Crippen MR) is 101 cm³/mol. The number of hydrogen-bond acceptors (Lipinski definition) is 3. The minimum Gasteiger partial charge on any atom is -0.369 e. The van der Waals surface area contributed by atoms with Gasteiger partial charge in [-0.2, -0.15) is 0 Å². The van der Waals surface area contributed by atoms with E-state index in [2.05, 4.69) is 27.4 Å². The van der Waals surface area contributed by atoms with E-state index in [1.807, 2.05) is 0 Å². The molecule has 2 saturated carbocycles. The highest BCUT2D eigenvalue weighted by Gasteiger charge is 2.43. The number of nitrogens with one attached hydrogen (secondary N) is 2. The van der Waals surface area contributed by atoms with Crippen molar-refractivity contribution in [3.05, 3.63) is 0 Å². The Morgan fingerprint density at radius 2 is 1.84 bits per heavy atom. The quantitative estimate of drug-likeness (QED) is 0.501. The van der Waals surface area contributed by atoms with Crippen molar-refractivity contribution in [2.24, 2.45) is 22.6 Å². The van der Waals surface area contributed by atoms with E-state index in [-0.39, 0.29) is 5.91 Å². The average Bonchev–Trinajstić information content (AvgIpc) is 3.36. The molecule has 3 rings (SSSR count). The molecule has 3 aliphatic rings. The number of rotatable bonds is 6. The Morgan fingerprint density at radius 1 is 1.12 bits per heavy atom. The third-order valence-corrected chi connectivity index (χ3v) is 6.04. The molecular weight excluding hydrogens is 314 g/mol. The molecule has 6 nitrogen and oxygen atoms in total. The maximum atomic E-state index is 11.0. The van der Waals surface area contributed by atoms with E-state index in [0.29, 0.717) is 18.6 Å². The summed E-state index contributed by atoms with van der Waals surface area (Å²) in [4.78, 5) is 17.8. The molecule has 2 aliphatic carbocycles. The van der Waals surface area contributed by atoms with Gasteiger partial charge >= 0.3 is 0 Å². The van der Waals surface area contributed by atoms with Gasteiger partial charge in [0.2, 0.25) is 5.91 Å². The average molecular weight is 350 g/mol. The Bertz CT molecular complexity index is 466. The van der Waals surface area contributed by atoms with Gasteiger partial charge in [0.05, 0.1) is 6.54 Å². The summed E-state index contributed by atoms with van der Waals surface area (Å²) >= 11 is 0. The van der Waals surface area contributed by atoms with Crippen molar-refractivity contribution in [2.75, 3.05) is 26.2 Å². The van der Waals surface area contributed by atoms with Crippen molar-refractivity contribution in [3.63, 3.8) is 0 Å². The van der Waals surface area contributed by atoms with E-state index in [9.17, 15) is 4.79 Å². The molecule has 0 spiro atoms. The van der Waals surface area contributed by atoms with Gasteiger partial charge in [0.1, 0.15) is 0 Å². The second kappa shape index (κ2) is 8.88. The van der Waals surface area contributed by atoms with Crippen LogP contribution in [0.2, 0.25) is 0 Å². The lowest BCUT2D eigenvalue weighted by Crippen LogP contribution is -2.50. The molecule has 142 valence electrons. The summed E-state index contributed by atoms with van der Waals surface area (Å²) in [5, 5.41) is 7.30. The smallest absolute Gasteiger partial charge is 0.231 e. The van der Waals surface area contributed by atoms with Gasteiger partial charge in [-0.1, -0.05) is 32.1 Å². The van der Waals surface area contributed by atoms with Crippen molar-refractivity contribution in [2.45, 2.75) is 70.4 Å². The monoisotopic (exact) mass is 349 g/mol. The SMILES string of the molecule is CCN=C(NC1CCN(CC(N)=O)CC1)NC1CC1C1CCCCC1. The Labute approximate surface area is 152 Å². The van der Waals surface area contributed by atoms with Gasteiger partial charge in [0.25, 0.3) is 0 Å². The van der Waals surface area contributed by atoms with Gasteiger partial charge in [0.15, 0.2) is 5.96 Å². The summed E-state index contributed by atoms with van der Waals surface area (Å²) < 4.78 is 0. The molecule has 0 aromatic rings. The first kappa shape index (κ1) is 18.5. The van der Waals surface area contributed by atoms with Crippen LogP contribution in [0, 0.1) is 11.8 Å². The molecule has 1 saturated heterocycles. The van der Waals surface area contributed by atoms with Crippen LogP contribution in [0.5, 0.6) is 0 Å². The number of primary amides is 1. The maximum absolute atomic E-state index is 11.0. The summed E-state index contributed by atoms with van der Waals surface area (Å²) in [5.74, 6) is 2.55. The van der Waals surface area contributed by atoms with E-state index in [4.69, 9.17) is 5.73 Å². The van der Waals surface area contributed by atoms with Crippen molar-refractivity contribution >= 4 is 11.9 Å². The van der Waals surface area contributed by atoms with Gasteiger partial charge < -0.3 is 16.4 Å². The third kappa shape index (κ3) is 5.59. The molecule has 25 heavy (non-hydrogen) atoms. The minimum absolute atomic E-state index is 0.233. The molecular formula is C19H35N5O. The van der Waals surface area contributed by atoms with Crippen LogP contribution in [-0.2, 0) is 4.79 Å². The van der Waals surface area contributed by atoms with Crippen molar-refractivity contribution < 1.29 is 4.79 Å². The highest BCUT2D eigenvalue weighted by molar-refractivity contribution is 5.80. The summed E-state index contributed by atoms with van der Waals surface area (Å²) in [6.45, 7) is 5.12. The second-order valence-corrected chi connectivity index (χ2v) is 8.03. The number of aliphatic imine (C=N–C) groups is 1. The molecule has 6 heteroatoms. The fourth-order valence-corrected chi connectivity index (χ4v) is 4.58. The van der Waals surface area contributed by atoms with E-state index in [1.165, 1.54) is 38.5 Å². The molecule has 0 bridgehead atoms. The maximum Gasteiger partial charge on any atom is 0.231 e. The molecule has 0 aromatic heterocycles. The fraction of sp³-hybridized carbons (Fsp3) is 0.895. The van der Waals surface area contributed by atoms with Crippen LogP contribution < -0.4 is 16.4 Å². The molecule has 1 amide bonds. The van der Waals surface area contributed by atoms with E-state index >= 15 is 0 Å². The summed E-state index contributed by atoms with van der Waals surface area (Å²) in [5.41, 5.74) is 5.29. The number of nitrogens with zero attached hydrogens (tertiary/aromatic N) is 2. The van der Waals surface area contributed by atoms with Gasteiger partial charge in [-0.15, -0.1) is 0 Å². The van der Waals surface area contributed by atoms with Crippen LogP contribution in [0.15, 0.2) is 4.99 Å². The molecule has 4 N–H and O–H groups in total.